The fourth-order valence-electron chi connectivity index (χ4n) is 2.29. The van der Waals surface area contributed by atoms with Crippen LogP contribution in [0.25, 0.3) is 0 Å². The van der Waals surface area contributed by atoms with E-state index in [2.05, 4.69) is 19.9 Å². The molecule has 10 heteroatoms. The smallest absolute Gasteiger partial charge is 0.317 e. The summed E-state index contributed by atoms with van der Waals surface area (Å²) < 4.78 is 0. The lowest BCUT2D eigenvalue weighted by atomic mass is 10.3. The van der Waals surface area contributed by atoms with Gasteiger partial charge in [-0.05, 0) is 0 Å². The number of carboxylic acids is 2. The van der Waals surface area contributed by atoms with Crippen molar-refractivity contribution in [1.82, 2.24) is 29.7 Å². The van der Waals surface area contributed by atoms with Crippen LogP contribution in [0.3, 0.4) is 0 Å². The molecule has 0 fully saturated rings. The summed E-state index contributed by atoms with van der Waals surface area (Å²) in [7, 11) is 0. The number of rotatable bonds is 11. The van der Waals surface area contributed by atoms with Crippen LogP contribution in [0.2, 0.25) is 0 Å². The van der Waals surface area contributed by atoms with Crippen LogP contribution in [-0.4, -0.2) is 78.1 Å². The minimum Gasteiger partial charge on any atom is -0.480 e. The monoisotopic (exact) mass is 336 g/mol. The summed E-state index contributed by atoms with van der Waals surface area (Å²) in [5.41, 5.74) is 0. The molecule has 2 aromatic heterocycles. The van der Waals surface area contributed by atoms with E-state index >= 15 is 0 Å². The molecule has 0 atom stereocenters. The Kier molecular flexibility index (Phi) is 6.46. The van der Waals surface area contributed by atoms with Crippen molar-refractivity contribution in [3.63, 3.8) is 0 Å². The molecule has 2 rings (SSSR count). The highest BCUT2D eigenvalue weighted by Crippen LogP contribution is 2.03. The lowest BCUT2D eigenvalue weighted by Crippen LogP contribution is -2.39. The van der Waals surface area contributed by atoms with Crippen LogP contribution in [0.15, 0.2) is 24.8 Å². The molecule has 2 aromatic rings. The zero-order chi connectivity index (χ0) is 17.4. The van der Waals surface area contributed by atoms with Crippen LogP contribution >= 0.6 is 0 Å². The minimum atomic E-state index is -0.947. The van der Waals surface area contributed by atoms with E-state index in [-0.39, 0.29) is 13.1 Å². The van der Waals surface area contributed by atoms with E-state index < -0.39 is 11.9 Å². The lowest BCUT2D eigenvalue weighted by Gasteiger charge is -2.24. The molecule has 4 N–H and O–H groups in total. The maximum Gasteiger partial charge on any atom is 0.317 e. The highest BCUT2D eigenvalue weighted by atomic mass is 16.4. The summed E-state index contributed by atoms with van der Waals surface area (Å²) in [6.07, 6.45) is 6.54. The van der Waals surface area contributed by atoms with Gasteiger partial charge in [0.05, 0.1) is 26.2 Å². The van der Waals surface area contributed by atoms with Crippen molar-refractivity contribution >= 4 is 11.9 Å². The zero-order valence-corrected chi connectivity index (χ0v) is 13.1. The van der Waals surface area contributed by atoms with Crippen LogP contribution in [0.5, 0.6) is 0 Å². The van der Waals surface area contributed by atoms with E-state index in [1.54, 1.807) is 34.6 Å². The van der Waals surface area contributed by atoms with E-state index in [1.807, 2.05) is 0 Å². The maximum atomic E-state index is 11.0. The van der Waals surface area contributed by atoms with Gasteiger partial charge in [-0.2, -0.15) is 0 Å². The van der Waals surface area contributed by atoms with Crippen molar-refractivity contribution in [1.29, 1.82) is 0 Å². The standard InChI is InChI=1S/C14H20N6O4/c21-13(22)9-19(7-11-15-1-2-16-11)5-6-20(10-14(23)24)8-12-17-3-4-18-12/h1-4H,5-10H2,(H,15,16)(H,17,18)(H,21,22)(H,23,24). The molecule has 2 heterocycles. The first-order valence-corrected chi connectivity index (χ1v) is 7.37. The SMILES string of the molecule is O=C(O)CN(CCN(CC(=O)O)Cc1ncc[nH]1)Cc1ncc[nH]1. The number of aliphatic carboxylic acids is 2. The second-order valence-corrected chi connectivity index (χ2v) is 5.28. The van der Waals surface area contributed by atoms with Gasteiger partial charge in [0.2, 0.25) is 0 Å². The van der Waals surface area contributed by atoms with Crippen LogP contribution in [0.4, 0.5) is 0 Å². The summed E-state index contributed by atoms with van der Waals surface area (Å²) in [5.74, 6) is -0.575. The quantitative estimate of drug-likeness (QED) is 0.435. The summed E-state index contributed by atoms with van der Waals surface area (Å²) in [6.45, 7) is 1.18. The molecule has 0 saturated carbocycles. The molecule has 24 heavy (non-hydrogen) atoms. The molecule has 0 bridgehead atoms. The fourth-order valence-corrected chi connectivity index (χ4v) is 2.29. The third kappa shape index (κ3) is 6.18. The third-order valence-electron chi connectivity index (χ3n) is 3.31. The Morgan fingerprint density at radius 2 is 1.29 bits per heavy atom. The van der Waals surface area contributed by atoms with Crippen LogP contribution < -0.4 is 0 Å². The number of hydrogen-bond acceptors (Lipinski definition) is 6. The molecule has 0 amide bonds. The molecule has 0 saturated heterocycles. The van der Waals surface area contributed by atoms with Crippen LogP contribution in [-0.2, 0) is 22.7 Å². The van der Waals surface area contributed by atoms with Crippen molar-refractivity contribution in [3.8, 4) is 0 Å². The Bertz CT molecular complexity index is 572. The van der Waals surface area contributed by atoms with Gasteiger partial charge in [-0.25, -0.2) is 9.97 Å². The number of hydrogen-bond donors (Lipinski definition) is 4. The van der Waals surface area contributed by atoms with Gasteiger partial charge in [-0.3, -0.25) is 19.4 Å². The molecule has 0 radical (unpaired) electrons. The number of carboxylic acid groups (broad SMARTS) is 2. The maximum absolute atomic E-state index is 11.0. The van der Waals surface area contributed by atoms with Crippen molar-refractivity contribution < 1.29 is 19.8 Å². The fraction of sp³-hybridized carbons (Fsp3) is 0.429. The molecule has 0 aromatic carbocycles. The Morgan fingerprint density at radius 3 is 1.58 bits per heavy atom. The number of aromatic nitrogens is 4. The first-order valence-electron chi connectivity index (χ1n) is 7.37. The average molecular weight is 336 g/mol. The number of aromatic amines is 2. The molecule has 0 aliphatic carbocycles. The topological polar surface area (TPSA) is 138 Å². The summed E-state index contributed by atoms with van der Waals surface area (Å²) in [4.78, 5) is 39.5. The number of nitrogens with one attached hydrogen (secondary N) is 2. The van der Waals surface area contributed by atoms with Crippen LogP contribution in [0.1, 0.15) is 11.6 Å². The van der Waals surface area contributed by atoms with Gasteiger partial charge in [0.15, 0.2) is 0 Å². The first-order chi connectivity index (χ1) is 11.5. The highest BCUT2D eigenvalue weighted by Gasteiger charge is 2.16. The van der Waals surface area contributed by atoms with Gasteiger partial charge < -0.3 is 20.2 Å². The Hall–Kier alpha value is -2.72. The summed E-state index contributed by atoms with van der Waals surface area (Å²) in [6, 6.07) is 0. The van der Waals surface area contributed by atoms with E-state index in [0.29, 0.717) is 37.8 Å². The van der Waals surface area contributed by atoms with Gasteiger partial charge in [-0.1, -0.05) is 0 Å². The third-order valence-corrected chi connectivity index (χ3v) is 3.31. The van der Waals surface area contributed by atoms with Gasteiger partial charge in [-0.15, -0.1) is 0 Å². The second-order valence-electron chi connectivity index (χ2n) is 5.28. The Morgan fingerprint density at radius 1 is 0.875 bits per heavy atom. The van der Waals surface area contributed by atoms with E-state index in [9.17, 15) is 9.59 Å². The molecule has 0 unspecified atom stereocenters. The van der Waals surface area contributed by atoms with Crippen molar-refractivity contribution in [2.45, 2.75) is 13.1 Å². The van der Waals surface area contributed by atoms with E-state index in [1.165, 1.54) is 0 Å². The Balaban J connectivity index is 1.94. The normalized spacial score (nSPS) is 11.2. The van der Waals surface area contributed by atoms with E-state index in [4.69, 9.17) is 10.2 Å². The summed E-state index contributed by atoms with van der Waals surface area (Å²) in [5, 5.41) is 18.1. The first kappa shape index (κ1) is 17.6. The zero-order valence-electron chi connectivity index (χ0n) is 13.1. The van der Waals surface area contributed by atoms with Crippen LogP contribution in [0, 0.1) is 0 Å². The minimum absolute atomic E-state index is 0.150. The van der Waals surface area contributed by atoms with Crippen molar-refractivity contribution in [3.05, 3.63) is 36.4 Å². The molecule has 10 nitrogen and oxygen atoms in total. The van der Waals surface area contributed by atoms with Crippen molar-refractivity contribution in [2.24, 2.45) is 0 Å². The molecule has 130 valence electrons. The largest absolute Gasteiger partial charge is 0.480 e. The van der Waals surface area contributed by atoms with Gasteiger partial charge in [0.25, 0.3) is 0 Å². The second kappa shape index (κ2) is 8.79. The average Bonchev–Trinajstić information content (AvgIpc) is 3.17. The molecule has 0 aliphatic heterocycles. The molecule has 0 spiro atoms. The van der Waals surface area contributed by atoms with Crippen molar-refractivity contribution in [2.75, 3.05) is 26.2 Å². The predicted octanol–water partition coefficient (Wildman–Crippen LogP) is -0.394. The molecular weight excluding hydrogens is 316 g/mol. The molecule has 0 aliphatic rings. The predicted molar refractivity (Wildman–Crippen MR) is 83.0 cm³/mol. The van der Waals surface area contributed by atoms with Gasteiger partial charge >= 0.3 is 11.9 Å². The Labute approximate surface area is 138 Å². The summed E-state index contributed by atoms with van der Waals surface area (Å²) >= 11 is 0. The highest BCUT2D eigenvalue weighted by molar-refractivity contribution is 5.69. The van der Waals surface area contributed by atoms with E-state index in [0.717, 1.165) is 0 Å². The van der Waals surface area contributed by atoms with Gasteiger partial charge in [0.1, 0.15) is 11.6 Å². The number of H-pyrrole nitrogens is 2. The molecular formula is C14H20N6O4. The number of imidazole rings is 2. The lowest BCUT2D eigenvalue weighted by molar-refractivity contribution is -0.140. The number of nitrogens with zero attached hydrogens (tertiary/aromatic N) is 4. The number of carbonyl (C=O) groups is 2. The van der Waals surface area contributed by atoms with Gasteiger partial charge in [0, 0.05) is 37.9 Å².